The van der Waals surface area contributed by atoms with Crippen LogP contribution in [0.2, 0.25) is 0 Å². The molecule has 6 nitrogen and oxygen atoms in total. The van der Waals surface area contributed by atoms with E-state index in [0.29, 0.717) is 19.4 Å². The monoisotopic (exact) mass is 336 g/mol. The number of carboxylic acid groups (broad SMARTS) is 1. The maximum Gasteiger partial charge on any atom is 0.314 e. The molecule has 2 aliphatic heterocycles. The number of nitrogens with zero attached hydrogens (tertiary/aromatic N) is 2. The number of carboxylic acids is 1. The molecule has 0 saturated carbocycles. The molecule has 23 heavy (non-hydrogen) atoms. The van der Waals surface area contributed by atoms with E-state index in [9.17, 15) is 19.5 Å². The van der Waals surface area contributed by atoms with Gasteiger partial charge >= 0.3 is 5.97 Å². The zero-order chi connectivity index (χ0) is 16.6. The largest absolute Gasteiger partial charge is 0.481 e. The van der Waals surface area contributed by atoms with Crippen molar-refractivity contribution in [2.45, 2.75) is 19.8 Å². The third-order valence-electron chi connectivity index (χ3n) is 4.95. The molecule has 0 radical (unpaired) electrons. The molecule has 124 valence electrons. The summed E-state index contributed by atoms with van der Waals surface area (Å²) in [4.78, 5) is 40.9. The molecule has 7 heteroatoms. The van der Waals surface area contributed by atoms with E-state index in [2.05, 4.69) is 0 Å². The first-order valence-electron chi connectivity index (χ1n) is 7.80. The van der Waals surface area contributed by atoms with Gasteiger partial charge in [-0.25, -0.2) is 0 Å². The summed E-state index contributed by atoms with van der Waals surface area (Å²) < 4.78 is 0. The van der Waals surface area contributed by atoms with Crippen molar-refractivity contribution < 1.29 is 19.5 Å². The smallest absolute Gasteiger partial charge is 0.314 e. The Labute approximate surface area is 138 Å². The number of aliphatic carboxylic acids is 1. The van der Waals surface area contributed by atoms with Crippen LogP contribution in [0.1, 0.15) is 18.2 Å². The molecule has 1 N–H and O–H groups in total. The number of fused-ring (bicyclic) bond motifs is 1. The van der Waals surface area contributed by atoms with Gasteiger partial charge in [-0.2, -0.15) is 0 Å². The number of amides is 2. The summed E-state index contributed by atoms with van der Waals surface area (Å²) in [7, 11) is 0. The predicted molar refractivity (Wildman–Crippen MR) is 85.0 cm³/mol. The molecule has 2 saturated heterocycles. The Morgan fingerprint density at radius 1 is 1.43 bits per heavy atom. The van der Waals surface area contributed by atoms with E-state index in [0.717, 1.165) is 4.88 Å². The standard InChI is InChI=1S/C16H20N2O4S/c1-2-17-9-16(15(21)22)10-18(8-12(16)14(17)20)13(19)6-5-11-4-3-7-23-11/h3-4,7,12H,2,5-6,8-10H2,1H3,(H,21,22)/t12-,16+/m0/s1. The lowest BCUT2D eigenvalue weighted by Gasteiger charge is -2.24. The highest BCUT2D eigenvalue weighted by Crippen LogP contribution is 2.43. The van der Waals surface area contributed by atoms with E-state index < -0.39 is 17.3 Å². The molecule has 1 aromatic heterocycles. The molecule has 3 rings (SSSR count). The van der Waals surface area contributed by atoms with Gasteiger partial charge in [0.1, 0.15) is 5.41 Å². The summed E-state index contributed by atoms with van der Waals surface area (Å²) in [6.07, 6.45) is 1.02. The molecule has 0 bridgehead atoms. The second-order valence-electron chi connectivity index (χ2n) is 6.22. The van der Waals surface area contributed by atoms with E-state index in [-0.39, 0.29) is 31.4 Å². The lowest BCUT2D eigenvalue weighted by molar-refractivity contribution is -0.150. The molecule has 2 aliphatic rings. The van der Waals surface area contributed by atoms with Crippen molar-refractivity contribution >= 4 is 29.1 Å². The van der Waals surface area contributed by atoms with Gasteiger partial charge in [-0.3, -0.25) is 14.4 Å². The number of carbonyl (C=O) groups is 3. The van der Waals surface area contributed by atoms with Crippen LogP contribution in [0.4, 0.5) is 0 Å². The van der Waals surface area contributed by atoms with E-state index >= 15 is 0 Å². The van der Waals surface area contributed by atoms with Crippen LogP contribution >= 0.6 is 11.3 Å². The predicted octanol–water partition coefficient (Wildman–Crippen LogP) is 1.07. The van der Waals surface area contributed by atoms with Gasteiger partial charge in [-0.05, 0) is 24.8 Å². The van der Waals surface area contributed by atoms with Crippen molar-refractivity contribution in [2.24, 2.45) is 11.3 Å². The Bertz CT molecular complexity index is 630. The second-order valence-corrected chi connectivity index (χ2v) is 7.25. The number of thiophene rings is 1. The molecule has 0 unspecified atom stereocenters. The van der Waals surface area contributed by atoms with Gasteiger partial charge in [0.05, 0.1) is 5.92 Å². The third-order valence-corrected chi connectivity index (χ3v) is 5.89. The first-order chi connectivity index (χ1) is 11.0. The summed E-state index contributed by atoms with van der Waals surface area (Å²) in [5.74, 6) is -1.78. The van der Waals surface area contributed by atoms with E-state index in [1.165, 1.54) is 0 Å². The minimum Gasteiger partial charge on any atom is -0.481 e. The maximum absolute atomic E-state index is 12.4. The van der Waals surface area contributed by atoms with Gasteiger partial charge in [0.15, 0.2) is 0 Å². The first-order valence-corrected chi connectivity index (χ1v) is 8.68. The molecule has 2 fully saturated rings. The van der Waals surface area contributed by atoms with Gasteiger partial charge in [0.25, 0.3) is 0 Å². The van der Waals surface area contributed by atoms with Crippen molar-refractivity contribution in [1.29, 1.82) is 0 Å². The molecule has 2 atom stereocenters. The fraction of sp³-hybridized carbons (Fsp3) is 0.562. The quantitative estimate of drug-likeness (QED) is 0.872. The lowest BCUT2D eigenvalue weighted by Crippen LogP contribution is -2.42. The van der Waals surface area contributed by atoms with Crippen LogP contribution in [0.25, 0.3) is 0 Å². The molecular weight excluding hydrogens is 316 g/mol. The molecule has 3 heterocycles. The summed E-state index contributed by atoms with van der Waals surface area (Å²) in [6, 6.07) is 3.93. The summed E-state index contributed by atoms with van der Waals surface area (Å²) in [6.45, 7) is 2.93. The van der Waals surface area contributed by atoms with Gasteiger partial charge < -0.3 is 14.9 Å². The van der Waals surface area contributed by atoms with E-state index in [1.807, 2.05) is 24.4 Å². The van der Waals surface area contributed by atoms with E-state index in [4.69, 9.17) is 0 Å². The Hall–Kier alpha value is -1.89. The van der Waals surface area contributed by atoms with Crippen molar-refractivity contribution in [3.05, 3.63) is 22.4 Å². The average molecular weight is 336 g/mol. The maximum atomic E-state index is 12.4. The van der Waals surface area contributed by atoms with Crippen LogP contribution in [-0.4, -0.2) is 58.9 Å². The van der Waals surface area contributed by atoms with Crippen LogP contribution in [-0.2, 0) is 20.8 Å². The Balaban J connectivity index is 1.70. The average Bonchev–Trinajstić information content (AvgIpc) is 3.21. The summed E-state index contributed by atoms with van der Waals surface area (Å²) in [5.41, 5.74) is -1.13. The van der Waals surface area contributed by atoms with Crippen molar-refractivity contribution in [1.82, 2.24) is 9.80 Å². The highest BCUT2D eigenvalue weighted by molar-refractivity contribution is 7.09. The topological polar surface area (TPSA) is 77.9 Å². The number of hydrogen-bond donors (Lipinski definition) is 1. The summed E-state index contributed by atoms with van der Waals surface area (Å²) >= 11 is 1.61. The minimum atomic E-state index is -1.13. The number of carbonyl (C=O) groups excluding carboxylic acids is 2. The van der Waals surface area contributed by atoms with Crippen LogP contribution in [0, 0.1) is 11.3 Å². The summed E-state index contributed by atoms with van der Waals surface area (Å²) in [5, 5.41) is 11.6. The van der Waals surface area contributed by atoms with Crippen LogP contribution in [0.5, 0.6) is 0 Å². The third kappa shape index (κ3) is 2.63. The Kier molecular flexibility index (Phi) is 4.14. The molecule has 0 aliphatic carbocycles. The zero-order valence-electron chi connectivity index (χ0n) is 13.0. The number of aryl methyl sites for hydroxylation is 1. The highest BCUT2D eigenvalue weighted by Gasteiger charge is 2.62. The van der Waals surface area contributed by atoms with E-state index in [1.54, 1.807) is 21.1 Å². The number of hydrogen-bond acceptors (Lipinski definition) is 4. The number of likely N-dealkylation sites (tertiary alicyclic amines) is 2. The van der Waals surface area contributed by atoms with Crippen LogP contribution < -0.4 is 0 Å². The van der Waals surface area contributed by atoms with Crippen molar-refractivity contribution in [3.8, 4) is 0 Å². The molecule has 0 spiro atoms. The van der Waals surface area contributed by atoms with Gasteiger partial charge in [-0.15, -0.1) is 11.3 Å². The first kappa shape index (κ1) is 16.0. The highest BCUT2D eigenvalue weighted by atomic mass is 32.1. The fourth-order valence-electron chi connectivity index (χ4n) is 3.61. The minimum absolute atomic E-state index is 0.0655. The van der Waals surface area contributed by atoms with Gasteiger partial charge in [0, 0.05) is 37.5 Å². The molecule has 1 aromatic rings. The zero-order valence-corrected chi connectivity index (χ0v) is 13.8. The molecule has 2 amide bonds. The molecule has 0 aromatic carbocycles. The molecular formula is C16H20N2O4S. The van der Waals surface area contributed by atoms with Gasteiger partial charge in [0.2, 0.25) is 11.8 Å². The Morgan fingerprint density at radius 2 is 2.22 bits per heavy atom. The second kappa shape index (κ2) is 5.96. The van der Waals surface area contributed by atoms with Crippen LogP contribution in [0.3, 0.4) is 0 Å². The van der Waals surface area contributed by atoms with Crippen LogP contribution in [0.15, 0.2) is 17.5 Å². The normalized spacial score (nSPS) is 26.7. The van der Waals surface area contributed by atoms with Gasteiger partial charge in [-0.1, -0.05) is 6.07 Å². The Morgan fingerprint density at radius 3 is 2.78 bits per heavy atom. The van der Waals surface area contributed by atoms with Crippen molar-refractivity contribution in [2.75, 3.05) is 26.2 Å². The lowest BCUT2D eigenvalue weighted by atomic mass is 9.81. The fourth-order valence-corrected chi connectivity index (χ4v) is 4.32. The van der Waals surface area contributed by atoms with Crippen molar-refractivity contribution in [3.63, 3.8) is 0 Å². The SMILES string of the molecule is CCN1C[C@@]2(C(=O)O)CN(C(=O)CCc3cccs3)C[C@H]2C1=O. The number of rotatable bonds is 5.